The van der Waals surface area contributed by atoms with Gasteiger partial charge in [-0.15, -0.1) is 0 Å². The van der Waals surface area contributed by atoms with Crippen LogP contribution in [-0.2, 0) is 6.54 Å². The molecule has 4 nitrogen and oxygen atoms in total. The van der Waals surface area contributed by atoms with Crippen molar-refractivity contribution in [2.75, 3.05) is 5.73 Å². The molecule has 18 heavy (non-hydrogen) atoms. The number of hydrogen-bond acceptors (Lipinski definition) is 2. The number of benzene rings is 1. The molecule has 0 spiro atoms. The Kier molecular flexibility index (Phi) is 3.30. The summed E-state index contributed by atoms with van der Waals surface area (Å²) in [6.07, 6.45) is 1.78. The second-order valence-corrected chi connectivity index (χ2v) is 4.62. The summed E-state index contributed by atoms with van der Waals surface area (Å²) in [6.45, 7) is 2.24. The molecule has 0 aliphatic carbocycles. The minimum Gasteiger partial charge on any atom is -0.477 e. The highest BCUT2D eigenvalue weighted by Crippen LogP contribution is 2.20. The first kappa shape index (κ1) is 12.5. The summed E-state index contributed by atoms with van der Waals surface area (Å²) in [5.74, 6) is -0.955. The summed E-state index contributed by atoms with van der Waals surface area (Å²) in [5, 5.41) is 9.69. The Labute approximate surface area is 110 Å². The van der Waals surface area contributed by atoms with E-state index in [9.17, 15) is 4.79 Å². The van der Waals surface area contributed by atoms with Gasteiger partial charge in [0.25, 0.3) is 0 Å². The first-order valence-corrected chi connectivity index (χ1v) is 5.79. The fourth-order valence-corrected chi connectivity index (χ4v) is 2.06. The fraction of sp³-hybridized carbons (Fsp3) is 0.154. The van der Waals surface area contributed by atoms with Crippen LogP contribution in [0.15, 0.2) is 30.5 Å². The monoisotopic (exact) mass is 264 g/mol. The Morgan fingerprint density at radius 3 is 2.83 bits per heavy atom. The van der Waals surface area contributed by atoms with E-state index in [1.807, 2.05) is 6.92 Å². The van der Waals surface area contributed by atoms with E-state index in [0.29, 0.717) is 17.3 Å². The lowest BCUT2D eigenvalue weighted by atomic mass is 10.2. The van der Waals surface area contributed by atoms with Crippen LogP contribution in [0.4, 0.5) is 5.69 Å². The Bertz CT molecular complexity index is 605. The number of aromatic carboxylic acids is 1. The Hall–Kier alpha value is -1.94. The maximum absolute atomic E-state index is 11.1. The summed E-state index contributed by atoms with van der Waals surface area (Å²) < 4.78 is 1.65. The lowest BCUT2D eigenvalue weighted by Gasteiger charge is -2.09. The van der Waals surface area contributed by atoms with Crippen molar-refractivity contribution in [1.29, 1.82) is 0 Å². The summed E-state index contributed by atoms with van der Waals surface area (Å²) in [5.41, 5.74) is 8.39. The predicted octanol–water partition coefficient (Wildman–Crippen LogP) is 2.78. The molecule has 0 atom stereocenters. The molecule has 1 aromatic carbocycles. The Morgan fingerprint density at radius 2 is 2.17 bits per heavy atom. The van der Waals surface area contributed by atoms with E-state index < -0.39 is 5.97 Å². The molecule has 0 radical (unpaired) electrons. The Morgan fingerprint density at radius 1 is 1.44 bits per heavy atom. The molecule has 0 saturated carbocycles. The van der Waals surface area contributed by atoms with Crippen LogP contribution >= 0.6 is 11.6 Å². The summed E-state index contributed by atoms with van der Waals surface area (Å²) >= 11 is 5.91. The van der Waals surface area contributed by atoms with E-state index in [4.69, 9.17) is 22.4 Å². The molecule has 0 bridgehead atoms. The van der Waals surface area contributed by atoms with Gasteiger partial charge in [0.2, 0.25) is 0 Å². The molecule has 0 aliphatic rings. The number of aromatic nitrogens is 1. The van der Waals surface area contributed by atoms with Crippen LogP contribution < -0.4 is 5.73 Å². The molecule has 0 unspecified atom stereocenters. The van der Waals surface area contributed by atoms with Crippen molar-refractivity contribution in [3.8, 4) is 0 Å². The highest BCUT2D eigenvalue weighted by Gasteiger charge is 2.12. The number of aryl methyl sites for hydroxylation is 1. The number of rotatable bonds is 3. The topological polar surface area (TPSA) is 68.2 Å². The third-order valence-corrected chi connectivity index (χ3v) is 2.93. The van der Waals surface area contributed by atoms with Crippen molar-refractivity contribution in [3.63, 3.8) is 0 Å². The van der Waals surface area contributed by atoms with Gasteiger partial charge >= 0.3 is 5.97 Å². The van der Waals surface area contributed by atoms with Crippen LogP contribution in [0.3, 0.4) is 0 Å². The van der Waals surface area contributed by atoms with Gasteiger partial charge in [0.15, 0.2) is 0 Å². The maximum Gasteiger partial charge on any atom is 0.352 e. The average molecular weight is 265 g/mol. The molecule has 5 heteroatoms. The zero-order valence-electron chi connectivity index (χ0n) is 9.85. The van der Waals surface area contributed by atoms with Crippen molar-refractivity contribution in [2.45, 2.75) is 13.5 Å². The van der Waals surface area contributed by atoms with E-state index in [1.54, 1.807) is 35.0 Å². The summed E-state index contributed by atoms with van der Waals surface area (Å²) in [6, 6.07) is 6.80. The van der Waals surface area contributed by atoms with Crippen LogP contribution in [0.25, 0.3) is 0 Å². The number of nitrogen functional groups attached to an aromatic ring is 1. The van der Waals surface area contributed by atoms with E-state index in [0.717, 1.165) is 11.1 Å². The molecule has 2 aromatic rings. The van der Waals surface area contributed by atoms with Gasteiger partial charge in [0, 0.05) is 23.5 Å². The highest BCUT2D eigenvalue weighted by atomic mass is 35.5. The number of nitrogens with zero attached hydrogens (tertiary/aromatic N) is 1. The van der Waals surface area contributed by atoms with Crippen molar-refractivity contribution < 1.29 is 9.90 Å². The van der Waals surface area contributed by atoms with Crippen LogP contribution in [0.5, 0.6) is 0 Å². The van der Waals surface area contributed by atoms with Gasteiger partial charge in [-0.3, -0.25) is 0 Å². The SMILES string of the molecule is Cc1cc(C(=O)O)n(Cc2cc(Cl)ccc2N)c1. The number of nitrogens with two attached hydrogens (primary N) is 1. The normalized spacial score (nSPS) is 10.6. The summed E-state index contributed by atoms with van der Waals surface area (Å²) in [4.78, 5) is 11.1. The first-order valence-electron chi connectivity index (χ1n) is 5.41. The molecule has 1 aromatic heterocycles. The number of carbonyl (C=O) groups is 1. The number of carboxylic acids is 1. The van der Waals surface area contributed by atoms with Crippen LogP contribution in [0.1, 0.15) is 21.6 Å². The zero-order chi connectivity index (χ0) is 13.3. The average Bonchev–Trinajstić information content (AvgIpc) is 2.65. The van der Waals surface area contributed by atoms with Crippen molar-refractivity contribution in [3.05, 3.63) is 52.3 Å². The largest absolute Gasteiger partial charge is 0.477 e. The van der Waals surface area contributed by atoms with E-state index >= 15 is 0 Å². The van der Waals surface area contributed by atoms with Crippen molar-refractivity contribution in [2.24, 2.45) is 0 Å². The van der Waals surface area contributed by atoms with E-state index in [-0.39, 0.29) is 5.69 Å². The van der Waals surface area contributed by atoms with Gasteiger partial charge in [0.05, 0.1) is 0 Å². The lowest BCUT2D eigenvalue weighted by molar-refractivity contribution is 0.0685. The van der Waals surface area contributed by atoms with Crippen LogP contribution in [0.2, 0.25) is 5.02 Å². The molecule has 2 rings (SSSR count). The second-order valence-electron chi connectivity index (χ2n) is 4.18. The molecular formula is C13H13ClN2O2. The molecular weight excluding hydrogens is 252 g/mol. The second kappa shape index (κ2) is 4.74. The predicted molar refractivity (Wildman–Crippen MR) is 71.1 cm³/mol. The Balaban J connectivity index is 2.39. The van der Waals surface area contributed by atoms with Crippen molar-refractivity contribution >= 4 is 23.3 Å². The van der Waals surface area contributed by atoms with Crippen molar-refractivity contribution in [1.82, 2.24) is 4.57 Å². The molecule has 0 amide bonds. The van der Waals surface area contributed by atoms with Gasteiger partial charge in [-0.25, -0.2) is 4.79 Å². The van der Waals surface area contributed by atoms with Gasteiger partial charge in [-0.2, -0.15) is 0 Å². The van der Waals surface area contributed by atoms with E-state index in [1.165, 1.54) is 0 Å². The third-order valence-electron chi connectivity index (χ3n) is 2.70. The van der Waals surface area contributed by atoms with Crippen LogP contribution in [-0.4, -0.2) is 15.6 Å². The molecule has 0 fully saturated rings. The minimum atomic E-state index is -0.955. The molecule has 94 valence electrons. The highest BCUT2D eigenvalue weighted by molar-refractivity contribution is 6.30. The van der Waals surface area contributed by atoms with E-state index in [2.05, 4.69) is 0 Å². The number of halogens is 1. The number of anilines is 1. The molecule has 0 aliphatic heterocycles. The number of carboxylic acid groups (broad SMARTS) is 1. The zero-order valence-corrected chi connectivity index (χ0v) is 10.6. The standard InChI is InChI=1S/C13H13ClN2O2/c1-8-4-12(13(17)18)16(6-8)7-9-5-10(14)2-3-11(9)15/h2-6H,7,15H2,1H3,(H,17,18). The maximum atomic E-state index is 11.1. The summed E-state index contributed by atoms with van der Waals surface area (Å²) in [7, 11) is 0. The fourth-order valence-electron chi connectivity index (χ4n) is 1.86. The smallest absolute Gasteiger partial charge is 0.352 e. The lowest BCUT2D eigenvalue weighted by Crippen LogP contribution is -2.09. The first-order chi connectivity index (χ1) is 8.47. The van der Waals surface area contributed by atoms with Gasteiger partial charge in [-0.05, 0) is 42.3 Å². The minimum absolute atomic E-state index is 0.242. The van der Waals surface area contributed by atoms with Gasteiger partial charge in [-0.1, -0.05) is 11.6 Å². The molecule has 1 heterocycles. The van der Waals surface area contributed by atoms with Crippen LogP contribution in [0, 0.1) is 6.92 Å². The molecule has 3 N–H and O–H groups in total. The van der Waals surface area contributed by atoms with Gasteiger partial charge in [0.1, 0.15) is 5.69 Å². The number of hydrogen-bond donors (Lipinski definition) is 2. The third kappa shape index (κ3) is 2.49. The van der Waals surface area contributed by atoms with Gasteiger partial charge < -0.3 is 15.4 Å². The quantitative estimate of drug-likeness (QED) is 0.838. The molecule has 0 saturated heterocycles.